The van der Waals surface area contributed by atoms with Gasteiger partial charge in [-0.15, -0.1) is 48.5 Å². The average molecular weight is 621 g/mol. The summed E-state index contributed by atoms with van der Waals surface area (Å²) >= 11 is 0. The van der Waals surface area contributed by atoms with Gasteiger partial charge in [-0.3, -0.25) is 0 Å². The van der Waals surface area contributed by atoms with E-state index in [0.717, 1.165) is 12.8 Å². The minimum absolute atomic E-state index is 0. The molecule has 184 valence electrons. The minimum Gasteiger partial charge on any atom is -0.870 e. The molecule has 0 aliphatic carbocycles. The molecule has 0 aliphatic rings. The van der Waals surface area contributed by atoms with Gasteiger partial charge in [-0.05, 0) is 0 Å². The van der Waals surface area contributed by atoms with Crippen LogP contribution in [0.3, 0.4) is 0 Å². The van der Waals surface area contributed by atoms with E-state index in [4.69, 9.17) is 0 Å². The maximum absolute atomic E-state index is 11.8. The van der Waals surface area contributed by atoms with Crippen LogP contribution in [-0.4, -0.2) is 28.6 Å². The van der Waals surface area contributed by atoms with Gasteiger partial charge in [-0.2, -0.15) is 0 Å². The number of ketones is 4. The third kappa shape index (κ3) is 10.9. The van der Waals surface area contributed by atoms with Gasteiger partial charge < -0.3 is 30.1 Å². The van der Waals surface area contributed by atoms with Crippen LogP contribution in [0.4, 0.5) is 0 Å². The van der Waals surface area contributed by atoms with E-state index in [1.54, 1.807) is 97.1 Å². The van der Waals surface area contributed by atoms with Crippen molar-refractivity contribution in [1.29, 1.82) is 0 Å². The number of benzene rings is 4. The Kier molecular flexibility index (Phi) is 16.1. The van der Waals surface area contributed by atoms with E-state index >= 15 is 0 Å². The zero-order chi connectivity index (χ0) is 24.2. The summed E-state index contributed by atoms with van der Waals surface area (Å²) in [5.74, 6) is -1.06. The fourth-order valence-corrected chi connectivity index (χ4v) is 2.98. The number of rotatable bonds is 8. The Bertz CT molecular complexity index is 1040. The summed E-state index contributed by atoms with van der Waals surface area (Å²) in [4.78, 5) is 47.0. The van der Waals surface area contributed by atoms with Crippen molar-refractivity contribution >= 4 is 23.1 Å². The Hall–Kier alpha value is -3.59. The quantitative estimate of drug-likeness (QED) is 0.121. The summed E-state index contributed by atoms with van der Waals surface area (Å²) in [6.45, 7) is 0. The van der Waals surface area contributed by atoms with Crippen molar-refractivity contribution in [2.75, 3.05) is 0 Å². The second-order valence-electron chi connectivity index (χ2n) is 7.21. The number of hydrogen-bond donors (Lipinski definition) is 0. The van der Waals surface area contributed by atoms with E-state index in [9.17, 15) is 19.2 Å². The van der Waals surface area contributed by atoms with Crippen LogP contribution in [0.25, 0.3) is 0 Å². The van der Waals surface area contributed by atoms with Gasteiger partial charge in [-0.25, -0.2) is 0 Å². The van der Waals surface area contributed by atoms with Crippen LogP contribution in [0.1, 0.15) is 41.4 Å². The van der Waals surface area contributed by atoms with Gasteiger partial charge in [0.25, 0.3) is 0 Å². The number of carbonyl (C=O) groups excluding carboxylic acids is 4. The maximum Gasteiger partial charge on any atom is 3.00 e. The fraction of sp³-hybridized carbons (Fsp3) is 0. The predicted octanol–water partition coefficient (Wildman–Crippen LogP) is 4.81. The van der Waals surface area contributed by atoms with Crippen LogP contribution in [0.5, 0.6) is 0 Å². The fourth-order valence-electron chi connectivity index (χ4n) is 2.98. The van der Waals surface area contributed by atoms with E-state index in [-0.39, 0.29) is 69.7 Å². The first-order valence-electron chi connectivity index (χ1n) is 10.6. The Morgan fingerprint density at radius 3 is 0.703 bits per heavy atom. The molecule has 0 bridgehead atoms. The van der Waals surface area contributed by atoms with Gasteiger partial charge in [0.15, 0.2) is 0 Å². The molecular formula is C30H26LaO6+. The smallest absolute Gasteiger partial charge is 0.870 e. The molecule has 0 spiro atoms. The Balaban J connectivity index is 0.000000648. The molecule has 0 unspecified atom stereocenters. The molecular weight excluding hydrogens is 595 g/mol. The van der Waals surface area contributed by atoms with Gasteiger partial charge in [0.2, 0.25) is 0 Å². The molecule has 0 atom stereocenters. The average Bonchev–Trinajstić information content (AvgIpc) is 2.91. The third-order valence-electron chi connectivity index (χ3n) is 4.76. The zero-order valence-corrected chi connectivity index (χ0v) is 23.6. The van der Waals surface area contributed by atoms with E-state index in [1.807, 2.05) is 24.3 Å². The second-order valence-corrected chi connectivity index (χ2v) is 7.21. The second kappa shape index (κ2) is 17.8. The molecule has 7 heteroatoms. The largest absolute Gasteiger partial charge is 3.00 e. The normalized spacial score (nSPS) is 8.86. The van der Waals surface area contributed by atoms with Gasteiger partial charge in [0, 0.05) is 0 Å². The van der Waals surface area contributed by atoms with Crippen molar-refractivity contribution in [3.05, 3.63) is 156 Å². The molecule has 4 aromatic carbocycles. The summed E-state index contributed by atoms with van der Waals surface area (Å²) in [6, 6.07) is 35.0. The van der Waals surface area contributed by atoms with Crippen molar-refractivity contribution in [3.8, 4) is 0 Å². The van der Waals surface area contributed by atoms with Crippen molar-refractivity contribution < 1.29 is 65.7 Å². The number of Topliss-reactive ketones (excluding diaryl/α,β-unsaturated/α-hetero) is 4. The molecule has 0 heterocycles. The van der Waals surface area contributed by atoms with E-state index in [1.165, 1.54) is 0 Å². The van der Waals surface area contributed by atoms with Crippen LogP contribution in [-0.2, 0) is 5.48 Å². The van der Waals surface area contributed by atoms with Crippen LogP contribution >= 0.6 is 0 Å². The number of carbonyl (C=O) groups is 4. The first-order valence-corrected chi connectivity index (χ1v) is 10.6. The van der Waals surface area contributed by atoms with Crippen LogP contribution in [0.15, 0.2) is 121 Å². The van der Waals surface area contributed by atoms with Gasteiger partial charge in [0.1, 0.15) is 0 Å². The topological polar surface area (TPSA) is 131 Å². The molecule has 4 N–H and O–H groups in total. The van der Waals surface area contributed by atoms with E-state index < -0.39 is 0 Å². The Morgan fingerprint density at radius 2 is 0.541 bits per heavy atom. The van der Waals surface area contributed by atoms with E-state index in [2.05, 4.69) is 0 Å². The maximum atomic E-state index is 11.8. The van der Waals surface area contributed by atoms with Gasteiger partial charge in [0.05, 0.1) is 23.1 Å². The molecule has 0 aliphatic heterocycles. The third-order valence-corrected chi connectivity index (χ3v) is 4.76. The van der Waals surface area contributed by atoms with Crippen LogP contribution < -0.4 is 0 Å². The van der Waals surface area contributed by atoms with Gasteiger partial charge in [-0.1, -0.05) is 108 Å². The molecule has 0 amide bonds. The summed E-state index contributed by atoms with van der Waals surface area (Å²) in [5.41, 5.74) is 2.10. The van der Waals surface area contributed by atoms with Crippen molar-refractivity contribution in [2.45, 2.75) is 0 Å². The van der Waals surface area contributed by atoms with Crippen molar-refractivity contribution in [1.82, 2.24) is 0 Å². The summed E-state index contributed by atoms with van der Waals surface area (Å²) in [7, 11) is 0. The van der Waals surface area contributed by atoms with Crippen molar-refractivity contribution in [2.24, 2.45) is 0 Å². The minimum atomic E-state index is -0.264. The van der Waals surface area contributed by atoms with E-state index in [0.29, 0.717) is 22.3 Å². The summed E-state index contributed by atoms with van der Waals surface area (Å²) in [5, 5.41) is 0. The zero-order valence-electron chi connectivity index (χ0n) is 19.9. The van der Waals surface area contributed by atoms with Crippen molar-refractivity contribution in [3.63, 3.8) is 0 Å². The molecule has 4 aromatic rings. The molecule has 0 saturated heterocycles. The molecule has 0 radical (unpaired) electrons. The Morgan fingerprint density at radius 1 is 0.378 bits per heavy atom. The molecule has 0 fully saturated rings. The first kappa shape index (κ1) is 33.4. The first-order chi connectivity index (χ1) is 16.5. The molecule has 0 saturated carbocycles. The standard InChI is InChI=1S/2C15H11O2.La.2H2O/c2*16-14(12-7-3-1-4-8-12)11-15(17)13-9-5-2-6-10-13;;;/h2*1-11H;;2*1H2/q2*-1;+3;;. The molecule has 0 aromatic heterocycles. The SMILES string of the molecule is O=C([CH-]C(=O)c1ccccc1)c1ccccc1.O=C([CH-]C(=O)c1ccccc1)c1ccccc1.[La+3].[OH-].[OH3+]. The summed E-state index contributed by atoms with van der Waals surface area (Å²) in [6.07, 6.45) is 2.26. The van der Waals surface area contributed by atoms with Crippen LogP contribution in [0, 0.1) is 48.4 Å². The molecule has 4 rings (SSSR count). The van der Waals surface area contributed by atoms with Crippen LogP contribution in [0.2, 0.25) is 0 Å². The molecule has 6 nitrogen and oxygen atoms in total. The summed E-state index contributed by atoms with van der Waals surface area (Å²) < 4.78 is 0. The Labute approximate surface area is 244 Å². The number of hydrogen-bond acceptors (Lipinski definition) is 5. The molecule has 37 heavy (non-hydrogen) atoms. The monoisotopic (exact) mass is 621 g/mol. The van der Waals surface area contributed by atoms with Gasteiger partial charge >= 0.3 is 35.6 Å². The predicted molar refractivity (Wildman–Crippen MR) is 138 cm³/mol.